The molecule has 4 heterocycles. The van der Waals surface area contributed by atoms with Crippen molar-refractivity contribution < 1.29 is 31.1 Å². The second kappa shape index (κ2) is 13.9. The Bertz CT molecular complexity index is 1630. The molecule has 1 aliphatic heterocycles. The molecule has 1 aliphatic carbocycles. The molecule has 0 aromatic carbocycles. The number of alkyl halides is 3. The molecule has 2 N–H and O–H groups in total. The summed E-state index contributed by atoms with van der Waals surface area (Å²) in [6.07, 6.45) is 5.65. The first-order chi connectivity index (χ1) is 21.7. The number of sulfonamides is 1. The molecule has 250 valence electrons. The van der Waals surface area contributed by atoms with Gasteiger partial charge in [-0.3, -0.25) is 4.79 Å². The van der Waals surface area contributed by atoms with Crippen molar-refractivity contribution >= 4 is 27.5 Å². The number of carbonyl (C=O) groups is 1. The van der Waals surface area contributed by atoms with Gasteiger partial charge >= 0.3 is 6.18 Å². The fourth-order valence-corrected chi connectivity index (χ4v) is 7.03. The molecule has 1 saturated heterocycles. The minimum absolute atomic E-state index is 0.0883. The maximum Gasteiger partial charge on any atom is 0.392 e. The van der Waals surface area contributed by atoms with Crippen LogP contribution in [-0.2, 0) is 16.4 Å². The Labute approximate surface area is 271 Å². The first kappa shape index (κ1) is 34.1. The van der Waals surface area contributed by atoms with Crippen molar-refractivity contribution in [1.29, 1.82) is 0 Å². The van der Waals surface area contributed by atoms with E-state index in [0.717, 1.165) is 43.7 Å². The van der Waals surface area contributed by atoms with Gasteiger partial charge in [-0.25, -0.2) is 19.4 Å². The molecule has 2 fully saturated rings. The number of nitrogens with zero attached hydrogens (tertiary/aromatic N) is 4. The Kier molecular flexibility index (Phi) is 10.3. The Morgan fingerprint density at radius 1 is 1.15 bits per heavy atom. The van der Waals surface area contributed by atoms with Crippen LogP contribution in [0.5, 0.6) is 5.88 Å². The molecule has 3 aromatic rings. The van der Waals surface area contributed by atoms with E-state index in [9.17, 15) is 26.4 Å². The van der Waals surface area contributed by atoms with Gasteiger partial charge < -0.3 is 10.1 Å². The number of nitrogens with one attached hydrogen (secondary N) is 2. The van der Waals surface area contributed by atoms with E-state index in [2.05, 4.69) is 34.2 Å². The average Bonchev–Trinajstić information content (AvgIpc) is 3.49. The summed E-state index contributed by atoms with van der Waals surface area (Å²) in [6, 6.07) is 7.32. The third-order valence-corrected chi connectivity index (χ3v) is 10.0. The monoisotopic (exact) mass is 682 g/mol. The maximum atomic E-state index is 12.9. The van der Waals surface area contributed by atoms with Crippen LogP contribution in [0.3, 0.4) is 0 Å². The molecule has 1 saturated carbocycles. The van der Waals surface area contributed by atoms with Crippen LogP contribution in [0.4, 0.5) is 13.2 Å². The van der Waals surface area contributed by atoms with Crippen LogP contribution in [0.15, 0.2) is 47.8 Å². The predicted molar refractivity (Wildman–Crippen MR) is 165 cm³/mol. The number of amides is 1. The summed E-state index contributed by atoms with van der Waals surface area (Å²) in [5.41, 5.74) is 0.974. The van der Waals surface area contributed by atoms with Crippen molar-refractivity contribution in [2.24, 2.45) is 17.8 Å². The quantitative estimate of drug-likeness (QED) is 0.159. The van der Waals surface area contributed by atoms with Crippen molar-refractivity contribution in [3.8, 4) is 11.7 Å². The molecular weight excluding hydrogens is 645 g/mol. The molecule has 2 aliphatic rings. The largest absolute Gasteiger partial charge is 0.477 e. The Morgan fingerprint density at radius 2 is 1.96 bits per heavy atom. The van der Waals surface area contributed by atoms with E-state index >= 15 is 0 Å². The summed E-state index contributed by atoms with van der Waals surface area (Å²) in [6.45, 7) is 5.63. The summed E-state index contributed by atoms with van der Waals surface area (Å²) in [5.74, 6) is -1.54. The van der Waals surface area contributed by atoms with Crippen LogP contribution in [0.2, 0.25) is 5.15 Å². The lowest BCUT2D eigenvalue weighted by Crippen LogP contribution is -2.31. The van der Waals surface area contributed by atoms with E-state index in [0.29, 0.717) is 0 Å². The number of rotatable bonds is 14. The van der Waals surface area contributed by atoms with Crippen molar-refractivity contribution in [3.63, 3.8) is 0 Å². The highest BCUT2D eigenvalue weighted by molar-refractivity contribution is 7.90. The van der Waals surface area contributed by atoms with Crippen LogP contribution >= 0.6 is 11.6 Å². The van der Waals surface area contributed by atoms with E-state index < -0.39 is 33.9 Å². The minimum Gasteiger partial charge on any atom is -0.477 e. The van der Waals surface area contributed by atoms with Crippen molar-refractivity contribution in [2.45, 2.75) is 82.0 Å². The number of aromatic nitrogens is 4. The van der Waals surface area contributed by atoms with Gasteiger partial charge in [-0.15, -0.1) is 5.10 Å². The standard InChI is InChI=1S/C31H38ClF3N6O4S/c1-30(2)17-21(19-37-30)7-5-3-4-6-20-8-11-27(36-18-20)46(43,44)40-29(42)23-9-10-25(38-28(23)32)41-14-12-26(39-41)45-15-13-22-16-24(22)31(33,34)35/h8-12,14,18,21-22,24,37H,3-7,13,15-17,19H2,1-2H3,(H,40,42). The number of carbonyl (C=O) groups excluding carboxylic acids is 1. The Balaban J connectivity index is 1.08. The number of halogens is 4. The SMILES string of the molecule is CC1(C)CC(CCCCCc2ccc(S(=O)(=O)NC(=O)c3ccc(-n4ccc(OCCC5CC5C(F)(F)F)n4)nc3Cl)nc2)CN1. The molecular formula is C31H38ClF3N6O4S. The second-order valence-corrected chi connectivity index (χ2v) is 14.7. The first-order valence-electron chi connectivity index (χ1n) is 15.4. The zero-order valence-electron chi connectivity index (χ0n) is 25.7. The van der Waals surface area contributed by atoms with Gasteiger partial charge in [-0.05, 0) is 94.5 Å². The summed E-state index contributed by atoms with van der Waals surface area (Å²) < 4.78 is 72.5. The summed E-state index contributed by atoms with van der Waals surface area (Å²) in [5, 5.41) is 7.19. The number of hydrogen-bond donors (Lipinski definition) is 2. The van der Waals surface area contributed by atoms with E-state index in [1.54, 1.807) is 6.07 Å². The van der Waals surface area contributed by atoms with E-state index in [1.807, 2.05) is 4.72 Å². The molecule has 0 radical (unpaired) electrons. The number of aryl methyl sites for hydroxylation is 1. The first-order valence-corrected chi connectivity index (χ1v) is 17.3. The van der Waals surface area contributed by atoms with Gasteiger partial charge in [0, 0.05) is 24.0 Å². The molecule has 1 amide bonds. The third-order valence-electron chi connectivity index (χ3n) is 8.51. The Morgan fingerprint density at radius 3 is 2.61 bits per heavy atom. The lowest BCUT2D eigenvalue weighted by molar-refractivity contribution is -0.151. The molecule has 15 heteroatoms. The maximum absolute atomic E-state index is 12.9. The van der Waals surface area contributed by atoms with Gasteiger partial charge in [0.1, 0.15) is 5.15 Å². The van der Waals surface area contributed by atoms with Gasteiger partial charge in [0.05, 0.1) is 18.1 Å². The van der Waals surface area contributed by atoms with Gasteiger partial charge in [-0.2, -0.15) is 21.6 Å². The highest BCUT2D eigenvalue weighted by Gasteiger charge is 2.55. The van der Waals surface area contributed by atoms with Crippen LogP contribution in [0.25, 0.3) is 5.82 Å². The van der Waals surface area contributed by atoms with Crippen molar-refractivity contribution in [3.05, 3.63) is 59.0 Å². The molecule has 5 rings (SSSR count). The number of unbranched alkanes of at least 4 members (excludes halogenated alkanes) is 2. The zero-order valence-corrected chi connectivity index (χ0v) is 27.3. The van der Waals surface area contributed by atoms with E-state index in [-0.39, 0.29) is 52.4 Å². The Hall–Kier alpha value is -3.23. The van der Waals surface area contributed by atoms with Gasteiger partial charge in [0.15, 0.2) is 10.8 Å². The molecule has 0 spiro atoms. The van der Waals surface area contributed by atoms with Crippen molar-refractivity contribution in [1.82, 2.24) is 29.8 Å². The average molecular weight is 683 g/mol. The molecule has 0 bridgehead atoms. The number of hydrogen-bond acceptors (Lipinski definition) is 8. The normalized spacial score (nSPS) is 20.9. The zero-order chi connectivity index (χ0) is 33.1. The summed E-state index contributed by atoms with van der Waals surface area (Å²) in [4.78, 5) is 21.0. The van der Waals surface area contributed by atoms with Crippen LogP contribution in [0.1, 0.15) is 74.7 Å². The van der Waals surface area contributed by atoms with Crippen LogP contribution in [-0.4, -0.2) is 58.9 Å². The van der Waals surface area contributed by atoms with E-state index in [1.165, 1.54) is 54.2 Å². The number of ether oxygens (including phenoxy) is 1. The summed E-state index contributed by atoms with van der Waals surface area (Å²) in [7, 11) is -4.27. The minimum atomic E-state index is -4.27. The topological polar surface area (TPSA) is 128 Å². The second-order valence-electron chi connectivity index (χ2n) is 12.8. The highest BCUT2D eigenvalue weighted by atomic mass is 35.5. The van der Waals surface area contributed by atoms with Crippen molar-refractivity contribution in [2.75, 3.05) is 13.2 Å². The number of pyridine rings is 2. The lowest BCUT2D eigenvalue weighted by atomic mass is 9.92. The van der Waals surface area contributed by atoms with Gasteiger partial charge in [0.25, 0.3) is 15.9 Å². The lowest BCUT2D eigenvalue weighted by Gasteiger charge is -2.17. The fourth-order valence-electron chi connectivity index (χ4n) is 5.89. The molecule has 10 nitrogen and oxygen atoms in total. The van der Waals surface area contributed by atoms with Crippen LogP contribution in [0, 0.1) is 17.8 Å². The molecule has 3 aromatic heterocycles. The predicted octanol–water partition coefficient (Wildman–Crippen LogP) is 5.89. The third kappa shape index (κ3) is 8.97. The smallest absolute Gasteiger partial charge is 0.392 e. The van der Waals surface area contributed by atoms with E-state index in [4.69, 9.17) is 16.3 Å². The summed E-state index contributed by atoms with van der Waals surface area (Å²) >= 11 is 6.22. The van der Waals surface area contributed by atoms with Gasteiger partial charge in [-0.1, -0.05) is 30.5 Å². The van der Waals surface area contributed by atoms with Crippen LogP contribution < -0.4 is 14.8 Å². The molecule has 3 unspecified atom stereocenters. The fraction of sp³-hybridized carbons (Fsp3) is 0.548. The van der Waals surface area contributed by atoms with Gasteiger partial charge in [0.2, 0.25) is 5.88 Å². The highest BCUT2D eigenvalue weighted by Crippen LogP contribution is 2.51. The molecule has 46 heavy (non-hydrogen) atoms. The molecule has 3 atom stereocenters.